The Labute approximate surface area is 106 Å². The third kappa shape index (κ3) is 13.7. The van der Waals surface area contributed by atoms with Crippen LogP contribution in [0.5, 0.6) is 0 Å². The van der Waals surface area contributed by atoms with Crippen LogP contribution in [-0.2, 0) is 9.53 Å². The van der Waals surface area contributed by atoms with Crippen molar-refractivity contribution in [2.75, 3.05) is 6.54 Å². The van der Waals surface area contributed by atoms with Gasteiger partial charge < -0.3 is 10.5 Å². The van der Waals surface area contributed by atoms with E-state index in [9.17, 15) is 4.79 Å². The van der Waals surface area contributed by atoms with Crippen molar-refractivity contribution in [3.8, 4) is 0 Å². The molecule has 0 bridgehead atoms. The molecule has 0 unspecified atom stereocenters. The van der Waals surface area contributed by atoms with E-state index in [0.717, 1.165) is 25.8 Å². The van der Waals surface area contributed by atoms with Crippen LogP contribution < -0.4 is 5.73 Å². The first-order valence-electron chi connectivity index (χ1n) is 5.87. The van der Waals surface area contributed by atoms with E-state index in [4.69, 9.17) is 10.5 Å². The molecule has 0 aromatic rings. The maximum Gasteiger partial charge on any atom is 0.306 e. The Morgan fingerprint density at radius 2 is 1.56 bits per heavy atom. The molecule has 0 aliphatic rings. The Kier molecular flexibility index (Phi) is 11.2. The molecule has 0 spiro atoms. The number of hydrogen-bond donors (Lipinski definition) is 1. The second-order valence-electron chi connectivity index (χ2n) is 4.89. The van der Waals surface area contributed by atoms with E-state index >= 15 is 0 Å². The summed E-state index contributed by atoms with van der Waals surface area (Å²) in [5.41, 5.74) is 5.04. The quantitative estimate of drug-likeness (QED) is 0.559. The Morgan fingerprint density at radius 1 is 1.06 bits per heavy atom. The standard InChI is InChI=1S/C12H25NO2.ClH/c1-12(2,3)15-11(14)9-7-5-4-6-8-10-13;/h4-10,13H2,1-3H3;1H. The van der Waals surface area contributed by atoms with E-state index < -0.39 is 0 Å². The number of carbonyl (C=O) groups is 1. The first-order valence-corrected chi connectivity index (χ1v) is 5.87. The lowest BCUT2D eigenvalue weighted by atomic mass is 10.1. The fraction of sp³-hybridized carbons (Fsp3) is 0.917. The highest BCUT2D eigenvalue weighted by Crippen LogP contribution is 2.11. The molecule has 0 aromatic carbocycles. The zero-order valence-electron chi connectivity index (χ0n) is 10.8. The number of esters is 1. The highest BCUT2D eigenvalue weighted by molar-refractivity contribution is 5.85. The van der Waals surface area contributed by atoms with Crippen LogP contribution in [0.2, 0.25) is 0 Å². The molecule has 0 aliphatic heterocycles. The summed E-state index contributed by atoms with van der Waals surface area (Å²) in [6.45, 7) is 6.45. The van der Waals surface area contributed by atoms with Crippen LogP contribution in [0.4, 0.5) is 0 Å². The molecule has 2 N–H and O–H groups in total. The predicted molar refractivity (Wildman–Crippen MR) is 69.8 cm³/mol. The van der Waals surface area contributed by atoms with Gasteiger partial charge in [-0.05, 0) is 40.2 Å². The molecule has 0 radical (unpaired) electrons. The number of halogens is 1. The van der Waals surface area contributed by atoms with Gasteiger partial charge in [-0.2, -0.15) is 0 Å². The zero-order chi connectivity index (χ0) is 11.7. The molecule has 0 fully saturated rings. The lowest BCUT2D eigenvalue weighted by Gasteiger charge is -2.19. The molecule has 98 valence electrons. The lowest BCUT2D eigenvalue weighted by Crippen LogP contribution is -2.23. The van der Waals surface area contributed by atoms with E-state index in [1.165, 1.54) is 12.8 Å². The van der Waals surface area contributed by atoms with Crippen molar-refractivity contribution in [2.24, 2.45) is 5.73 Å². The van der Waals surface area contributed by atoms with Crippen LogP contribution in [0, 0.1) is 0 Å². The van der Waals surface area contributed by atoms with Gasteiger partial charge in [0.2, 0.25) is 0 Å². The van der Waals surface area contributed by atoms with Gasteiger partial charge in [0.15, 0.2) is 0 Å². The number of ether oxygens (including phenoxy) is 1. The number of hydrogen-bond acceptors (Lipinski definition) is 3. The molecular weight excluding hydrogens is 226 g/mol. The summed E-state index contributed by atoms with van der Waals surface area (Å²) >= 11 is 0. The summed E-state index contributed by atoms with van der Waals surface area (Å²) in [5.74, 6) is -0.0821. The molecule has 0 amide bonds. The van der Waals surface area contributed by atoms with Crippen molar-refractivity contribution in [2.45, 2.75) is 64.9 Å². The van der Waals surface area contributed by atoms with Gasteiger partial charge in [0.25, 0.3) is 0 Å². The summed E-state index contributed by atoms with van der Waals surface area (Å²) in [5, 5.41) is 0. The van der Waals surface area contributed by atoms with E-state index in [2.05, 4.69) is 0 Å². The third-order valence-electron chi connectivity index (χ3n) is 2.01. The van der Waals surface area contributed by atoms with Crippen LogP contribution in [0.25, 0.3) is 0 Å². The molecule has 0 aromatic heterocycles. The zero-order valence-corrected chi connectivity index (χ0v) is 11.6. The fourth-order valence-electron chi connectivity index (χ4n) is 1.34. The lowest BCUT2D eigenvalue weighted by molar-refractivity contribution is -0.154. The van der Waals surface area contributed by atoms with Gasteiger partial charge in [0.1, 0.15) is 5.60 Å². The van der Waals surface area contributed by atoms with Crippen molar-refractivity contribution >= 4 is 18.4 Å². The first kappa shape index (κ1) is 18.1. The Hall–Kier alpha value is -0.280. The molecule has 0 saturated carbocycles. The highest BCUT2D eigenvalue weighted by atomic mass is 35.5. The van der Waals surface area contributed by atoms with Crippen LogP contribution in [0.3, 0.4) is 0 Å². The molecule has 0 aliphatic carbocycles. The molecule has 4 heteroatoms. The van der Waals surface area contributed by atoms with E-state index in [1.807, 2.05) is 20.8 Å². The Balaban J connectivity index is 0. The second kappa shape index (κ2) is 9.91. The van der Waals surface area contributed by atoms with Crippen molar-refractivity contribution in [3.05, 3.63) is 0 Å². The number of carbonyl (C=O) groups excluding carboxylic acids is 1. The van der Waals surface area contributed by atoms with Gasteiger partial charge >= 0.3 is 5.97 Å². The monoisotopic (exact) mass is 251 g/mol. The molecule has 3 nitrogen and oxygen atoms in total. The molecule has 0 saturated heterocycles. The summed E-state index contributed by atoms with van der Waals surface area (Å²) < 4.78 is 5.21. The fourth-order valence-corrected chi connectivity index (χ4v) is 1.34. The second-order valence-corrected chi connectivity index (χ2v) is 4.89. The van der Waals surface area contributed by atoms with E-state index in [0.29, 0.717) is 6.42 Å². The average molecular weight is 252 g/mol. The predicted octanol–water partition coefficient (Wildman–Crippen LogP) is 3.05. The number of unbranched alkanes of at least 4 members (excludes halogenated alkanes) is 4. The number of nitrogens with two attached hydrogens (primary N) is 1. The van der Waals surface area contributed by atoms with Gasteiger partial charge in [0, 0.05) is 6.42 Å². The minimum atomic E-state index is -0.351. The van der Waals surface area contributed by atoms with Crippen LogP contribution in [0.15, 0.2) is 0 Å². The maximum atomic E-state index is 11.3. The smallest absolute Gasteiger partial charge is 0.306 e. The average Bonchev–Trinajstić information content (AvgIpc) is 2.08. The topological polar surface area (TPSA) is 52.3 Å². The summed E-state index contributed by atoms with van der Waals surface area (Å²) in [6, 6.07) is 0. The van der Waals surface area contributed by atoms with Crippen molar-refractivity contribution in [1.29, 1.82) is 0 Å². The van der Waals surface area contributed by atoms with Crippen LogP contribution >= 0.6 is 12.4 Å². The third-order valence-corrected chi connectivity index (χ3v) is 2.01. The normalized spacial score (nSPS) is 10.8. The maximum absolute atomic E-state index is 11.3. The molecule has 0 heterocycles. The summed E-state index contributed by atoms with van der Waals surface area (Å²) in [4.78, 5) is 11.3. The molecule has 0 atom stereocenters. The molecule has 16 heavy (non-hydrogen) atoms. The van der Waals surface area contributed by atoms with Gasteiger partial charge in [-0.3, -0.25) is 4.79 Å². The minimum Gasteiger partial charge on any atom is -0.460 e. The van der Waals surface area contributed by atoms with E-state index in [-0.39, 0.29) is 24.0 Å². The summed E-state index contributed by atoms with van der Waals surface area (Å²) in [6.07, 6.45) is 6.00. The van der Waals surface area contributed by atoms with Gasteiger partial charge in [-0.15, -0.1) is 12.4 Å². The van der Waals surface area contributed by atoms with Gasteiger partial charge in [-0.25, -0.2) is 0 Å². The Bertz CT molecular complexity index is 178. The van der Waals surface area contributed by atoms with Gasteiger partial charge in [-0.1, -0.05) is 19.3 Å². The first-order chi connectivity index (χ1) is 6.95. The molecular formula is C12H26ClNO2. The van der Waals surface area contributed by atoms with E-state index in [1.54, 1.807) is 0 Å². The largest absolute Gasteiger partial charge is 0.460 e. The molecule has 0 rings (SSSR count). The Morgan fingerprint density at radius 3 is 2.06 bits per heavy atom. The highest BCUT2D eigenvalue weighted by Gasteiger charge is 2.15. The van der Waals surface area contributed by atoms with Crippen molar-refractivity contribution < 1.29 is 9.53 Å². The van der Waals surface area contributed by atoms with Crippen LogP contribution in [-0.4, -0.2) is 18.1 Å². The number of rotatable bonds is 7. The van der Waals surface area contributed by atoms with Crippen molar-refractivity contribution in [1.82, 2.24) is 0 Å². The van der Waals surface area contributed by atoms with Crippen LogP contribution in [0.1, 0.15) is 59.3 Å². The SMILES string of the molecule is CC(C)(C)OC(=O)CCCCCCCN.Cl. The van der Waals surface area contributed by atoms with Gasteiger partial charge in [0.05, 0.1) is 0 Å². The minimum absolute atomic E-state index is 0. The van der Waals surface area contributed by atoms with Crippen molar-refractivity contribution in [3.63, 3.8) is 0 Å². The summed E-state index contributed by atoms with van der Waals surface area (Å²) in [7, 11) is 0.